The molecule has 1 aliphatic rings. The van der Waals surface area contributed by atoms with Gasteiger partial charge >= 0.3 is 0 Å². The smallest absolute Gasteiger partial charge is 0.227 e. The molecule has 0 saturated carbocycles. The molecule has 4 aromatic rings. The molecule has 2 heterocycles. The summed E-state index contributed by atoms with van der Waals surface area (Å²) in [5, 5.41) is 3.40. The van der Waals surface area contributed by atoms with Crippen molar-refractivity contribution in [2.24, 2.45) is 0 Å². The van der Waals surface area contributed by atoms with Gasteiger partial charge < -0.3 is 9.64 Å². The number of amides is 1. The normalized spacial score (nSPS) is 14.2. The third kappa shape index (κ3) is 3.18. The van der Waals surface area contributed by atoms with E-state index in [4.69, 9.17) is 4.74 Å². The zero-order chi connectivity index (χ0) is 18.9. The lowest BCUT2D eigenvalue weighted by Crippen LogP contribution is -2.56. The first-order valence-electron chi connectivity index (χ1n) is 9.53. The predicted octanol–water partition coefficient (Wildman–Crippen LogP) is 4.22. The fraction of sp³-hybridized carbons (Fsp3) is 0.167. The summed E-state index contributed by atoms with van der Waals surface area (Å²) in [5.41, 5.74) is 1.99. The molecule has 0 aliphatic carbocycles. The van der Waals surface area contributed by atoms with Crippen molar-refractivity contribution in [3.8, 4) is 5.88 Å². The molecular weight excluding hydrogens is 348 g/mol. The van der Waals surface area contributed by atoms with Crippen molar-refractivity contribution in [1.82, 2.24) is 9.88 Å². The van der Waals surface area contributed by atoms with Gasteiger partial charge in [-0.2, -0.15) is 0 Å². The zero-order valence-corrected chi connectivity index (χ0v) is 15.4. The van der Waals surface area contributed by atoms with E-state index >= 15 is 0 Å². The summed E-state index contributed by atoms with van der Waals surface area (Å²) in [6, 6.07) is 26.2. The molecule has 1 aliphatic heterocycles. The predicted molar refractivity (Wildman–Crippen MR) is 110 cm³/mol. The van der Waals surface area contributed by atoms with E-state index in [1.54, 1.807) is 0 Å². The second kappa shape index (κ2) is 6.97. The van der Waals surface area contributed by atoms with E-state index in [1.165, 1.54) is 5.39 Å². The van der Waals surface area contributed by atoms with Crippen molar-refractivity contribution in [2.75, 3.05) is 13.1 Å². The van der Waals surface area contributed by atoms with Crippen LogP contribution in [-0.2, 0) is 11.2 Å². The van der Waals surface area contributed by atoms with E-state index in [2.05, 4.69) is 23.2 Å². The Morgan fingerprint density at radius 2 is 1.64 bits per heavy atom. The second-order valence-electron chi connectivity index (χ2n) is 7.20. The van der Waals surface area contributed by atoms with Crippen LogP contribution in [0.25, 0.3) is 21.7 Å². The first kappa shape index (κ1) is 16.8. The number of aromatic nitrogens is 1. The van der Waals surface area contributed by atoms with Gasteiger partial charge in [0.05, 0.1) is 25.0 Å². The molecule has 1 fully saturated rings. The maximum absolute atomic E-state index is 12.7. The van der Waals surface area contributed by atoms with Gasteiger partial charge in [-0.1, -0.05) is 60.7 Å². The fourth-order valence-corrected chi connectivity index (χ4v) is 3.72. The van der Waals surface area contributed by atoms with Crippen LogP contribution < -0.4 is 4.74 Å². The number of nitrogens with zero attached hydrogens (tertiary/aromatic N) is 2. The molecule has 1 amide bonds. The van der Waals surface area contributed by atoms with Crippen molar-refractivity contribution < 1.29 is 9.53 Å². The number of ether oxygens (including phenoxy) is 1. The molecule has 0 bridgehead atoms. The van der Waals surface area contributed by atoms with E-state index in [0.29, 0.717) is 25.4 Å². The molecule has 1 saturated heterocycles. The first-order valence-corrected chi connectivity index (χ1v) is 9.53. The molecule has 3 aromatic carbocycles. The molecule has 0 N–H and O–H groups in total. The lowest BCUT2D eigenvalue weighted by atomic mass is 10.0. The highest BCUT2D eigenvalue weighted by molar-refractivity contribution is 5.90. The number of hydrogen-bond donors (Lipinski definition) is 0. The molecule has 4 nitrogen and oxygen atoms in total. The van der Waals surface area contributed by atoms with Gasteiger partial charge in [-0.3, -0.25) is 4.79 Å². The Hall–Kier alpha value is -3.40. The first-order chi connectivity index (χ1) is 13.8. The average molecular weight is 368 g/mol. The van der Waals surface area contributed by atoms with Gasteiger partial charge in [-0.05, 0) is 28.5 Å². The van der Waals surface area contributed by atoms with Gasteiger partial charge in [-0.25, -0.2) is 4.98 Å². The molecule has 28 heavy (non-hydrogen) atoms. The molecule has 0 atom stereocenters. The monoisotopic (exact) mass is 368 g/mol. The molecule has 1 aromatic heterocycles. The summed E-state index contributed by atoms with van der Waals surface area (Å²) in [6.45, 7) is 1.22. The van der Waals surface area contributed by atoms with Crippen LogP contribution in [0.4, 0.5) is 0 Å². The van der Waals surface area contributed by atoms with Crippen molar-refractivity contribution in [2.45, 2.75) is 12.5 Å². The van der Waals surface area contributed by atoms with Gasteiger partial charge in [0.15, 0.2) is 0 Å². The second-order valence-corrected chi connectivity index (χ2v) is 7.20. The topological polar surface area (TPSA) is 42.4 Å². The number of para-hydroxylation sites is 1. The molecule has 138 valence electrons. The van der Waals surface area contributed by atoms with Crippen LogP contribution in [0.5, 0.6) is 5.88 Å². The van der Waals surface area contributed by atoms with Gasteiger partial charge in [0.2, 0.25) is 11.8 Å². The Morgan fingerprint density at radius 1 is 0.893 bits per heavy atom. The van der Waals surface area contributed by atoms with Gasteiger partial charge in [0, 0.05) is 11.5 Å². The number of pyridine rings is 1. The minimum Gasteiger partial charge on any atom is -0.471 e. The summed E-state index contributed by atoms with van der Waals surface area (Å²) >= 11 is 0. The molecular formula is C24H20N2O2. The van der Waals surface area contributed by atoms with Crippen LogP contribution >= 0.6 is 0 Å². The van der Waals surface area contributed by atoms with Crippen molar-refractivity contribution in [1.29, 1.82) is 0 Å². The summed E-state index contributed by atoms with van der Waals surface area (Å²) in [5.74, 6) is 0.757. The number of carbonyl (C=O) groups is 1. The Kier molecular flexibility index (Phi) is 4.17. The molecule has 5 rings (SSSR count). The van der Waals surface area contributed by atoms with Crippen LogP contribution in [0.3, 0.4) is 0 Å². The summed E-state index contributed by atoms with van der Waals surface area (Å²) in [6.07, 6.45) is 0.424. The third-order valence-corrected chi connectivity index (χ3v) is 5.28. The largest absolute Gasteiger partial charge is 0.471 e. The highest BCUT2D eigenvalue weighted by atomic mass is 16.5. The lowest BCUT2D eigenvalue weighted by Gasteiger charge is -2.38. The van der Waals surface area contributed by atoms with Crippen LogP contribution in [0, 0.1) is 0 Å². The van der Waals surface area contributed by atoms with Gasteiger partial charge in [-0.15, -0.1) is 0 Å². The van der Waals surface area contributed by atoms with Crippen molar-refractivity contribution in [3.05, 3.63) is 84.4 Å². The number of benzene rings is 3. The maximum atomic E-state index is 12.7. The number of carbonyl (C=O) groups excluding carboxylic acids is 1. The summed E-state index contributed by atoms with van der Waals surface area (Å²) in [4.78, 5) is 19.1. The number of fused-ring (bicyclic) bond motifs is 2. The number of likely N-dealkylation sites (tertiary alicyclic amines) is 1. The highest BCUT2D eigenvalue weighted by Gasteiger charge is 2.32. The van der Waals surface area contributed by atoms with E-state index in [9.17, 15) is 4.79 Å². The number of hydrogen-bond acceptors (Lipinski definition) is 3. The minimum absolute atomic E-state index is 0.00475. The van der Waals surface area contributed by atoms with Gasteiger partial charge in [0.1, 0.15) is 6.10 Å². The van der Waals surface area contributed by atoms with Crippen molar-refractivity contribution in [3.63, 3.8) is 0 Å². The van der Waals surface area contributed by atoms with Crippen LogP contribution in [0.2, 0.25) is 0 Å². The van der Waals surface area contributed by atoms with Gasteiger partial charge in [0.25, 0.3) is 0 Å². The van der Waals surface area contributed by atoms with E-state index in [1.807, 2.05) is 65.6 Å². The van der Waals surface area contributed by atoms with E-state index in [-0.39, 0.29) is 12.0 Å². The lowest BCUT2D eigenvalue weighted by molar-refractivity contribution is -0.139. The Bertz CT molecular complexity index is 1160. The third-order valence-electron chi connectivity index (χ3n) is 5.28. The standard InChI is InChI=1S/C24H20N2O2/c27-24(14-19-9-5-8-17-6-1-3-10-21(17)19)26-15-20(16-26)28-23-13-12-18-7-2-4-11-22(18)25-23/h1-13,20H,14-16H2. The Balaban J connectivity index is 1.22. The Labute approximate surface area is 163 Å². The zero-order valence-electron chi connectivity index (χ0n) is 15.4. The summed E-state index contributed by atoms with van der Waals surface area (Å²) < 4.78 is 5.95. The molecule has 0 spiro atoms. The highest BCUT2D eigenvalue weighted by Crippen LogP contribution is 2.23. The molecule has 0 radical (unpaired) electrons. The minimum atomic E-state index is 0.00475. The summed E-state index contributed by atoms with van der Waals surface area (Å²) in [7, 11) is 0. The number of rotatable bonds is 4. The Morgan fingerprint density at radius 3 is 2.54 bits per heavy atom. The van der Waals surface area contributed by atoms with Crippen LogP contribution in [0.1, 0.15) is 5.56 Å². The van der Waals surface area contributed by atoms with E-state index in [0.717, 1.165) is 21.9 Å². The quantitative estimate of drug-likeness (QED) is 0.542. The molecule has 0 unspecified atom stereocenters. The van der Waals surface area contributed by atoms with E-state index < -0.39 is 0 Å². The van der Waals surface area contributed by atoms with Crippen molar-refractivity contribution >= 4 is 27.6 Å². The molecule has 4 heteroatoms. The fourth-order valence-electron chi connectivity index (χ4n) is 3.72. The SMILES string of the molecule is O=C(Cc1cccc2ccccc12)N1CC(Oc2ccc3ccccc3n2)C1. The maximum Gasteiger partial charge on any atom is 0.227 e. The average Bonchev–Trinajstić information content (AvgIpc) is 2.70. The van der Waals surface area contributed by atoms with Crippen LogP contribution in [-0.4, -0.2) is 35.0 Å². The van der Waals surface area contributed by atoms with Crippen LogP contribution in [0.15, 0.2) is 78.9 Å².